The lowest BCUT2D eigenvalue weighted by Crippen LogP contribution is -2.38. The zero-order chi connectivity index (χ0) is 13.5. The van der Waals surface area contributed by atoms with Crippen LogP contribution in [0, 0.1) is 0 Å². The van der Waals surface area contributed by atoms with Crippen molar-refractivity contribution in [1.29, 1.82) is 0 Å². The quantitative estimate of drug-likeness (QED) is 0.798. The van der Waals surface area contributed by atoms with E-state index in [4.69, 9.17) is 11.6 Å². The van der Waals surface area contributed by atoms with Gasteiger partial charge in [0.1, 0.15) is 11.3 Å². The number of hydrogen-bond acceptors (Lipinski definition) is 3. The van der Waals surface area contributed by atoms with Crippen LogP contribution in [-0.4, -0.2) is 38.6 Å². The Hall–Kier alpha value is -1.13. The normalized spacial score (nSPS) is 27.1. The zero-order valence-corrected chi connectivity index (χ0v) is 12.3. The highest BCUT2D eigenvalue weighted by Gasteiger charge is 2.37. The number of aromatic nitrogens is 3. The molecule has 20 heavy (non-hydrogen) atoms. The Bertz CT molecular complexity index is 623. The van der Waals surface area contributed by atoms with E-state index in [1.165, 1.54) is 44.3 Å². The molecule has 0 aliphatic carbocycles. The van der Waals surface area contributed by atoms with Gasteiger partial charge in [-0.15, -0.1) is 11.6 Å². The molecule has 0 N–H and O–H groups in total. The zero-order valence-electron chi connectivity index (χ0n) is 11.5. The van der Waals surface area contributed by atoms with Crippen LogP contribution in [0.15, 0.2) is 18.5 Å². The Morgan fingerprint density at radius 3 is 3.05 bits per heavy atom. The number of pyridine rings is 1. The minimum Gasteiger partial charge on any atom is -0.322 e. The third-order valence-corrected chi connectivity index (χ3v) is 5.08. The lowest BCUT2D eigenvalue weighted by molar-refractivity contribution is 0.174. The van der Waals surface area contributed by atoms with Gasteiger partial charge in [-0.2, -0.15) is 0 Å². The Labute approximate surface area is 123 Å². The molecule has 4 nitrogen and oxygen atoms in total. The molecule has 0 saturated carbocycles. The fourth-order valence-electron chi connectivity index (χ4n) is 3.99. The highest BCUT2D eigenvalue weighted by Crippen LogP contribution is 2.37. The molecule has 2 aliphatic rings. The smallest absolute Gasteiger partial charge is 0.125 e. The molecular formula is C15H19ClN4. The van der Waals surface area contributed by atoms with Gasteiger partial charge in [0.25, 0.3) is 0 Å². The number of fused-ring (bicyclic) bond motifs is 2. The van der Waals surface area contributed by atoms with Crippen molar-refractivity contribution in [3.8, 4) is 0 Å². The third kappa shape index (κ3) is 1.85. The van der Waals surface area contributed by atoms with E-state index >= 15 is 0 Å². The molecule has 2 aliphatic heterocycles. The number of nitrogens with zero attached hydrogens (tertiary/aromatic N) is 4. The third-order valence-electron chi connectivity index (χ3n) is 4.84. The highest BCUT2D eigenvalue weighted by atomic mass is 35.5. The van der Waals surface area contributed by atoms with E-state index in [0.29, 0.717) is 18.0 Å². The summed E-state index contributed by atoms with van der Waals surface area (Å²) in [5.74, 6) is 1.46. The number of halogens is 1. The van der Waals surface area contributed by atoms with Crippen LogP contribution in [0.2, 0.25) is 0 Å². The lowest BCUT2D eigenvalue weighted by atomic mass is 9.98. The van der Waals surface area contributed by atoms with Crippen LogP contribution < -0.4 is 0 Å². The van der Waals surface area contributed by atoms with E-state index in [1.54, 1.807) is 0 Å². The van der Waals surface area contributed by atoms with E-state index in [9.17, 15) is 0 Å². The minimum absolute atomic E-state index is 0.470. The summed E-state index contributed by atoms with van der Waals surface area (Å²) in [6, 6.07) is 3.26. The van der Waals surface area contributed by atoms with Crippen molar-refractivity contribution >= 4 is 22.6 Å². The molecule has 4 rings (SSSR count). The molecule has 2 atom stereocenters. The summed E-state index contributed by atoms with van der Waals surface area (Å²) in [6.45, 7) is 2.47. The topological polar surface area (TPSA) is 34.0 Å². The average Bonchev–Trinajstić information content (AvgIpc) is 3.07. The Kier molecular flexibility index (Phi) is 3.15. The maximum atomic E-state index is 6.14. The lowest BCUT2D eigenvalue weighted by Gasteiger charge is -2.33. The predicted molar refractivity (Wildman–Crippen MR) is 80.0 cm³/mol. The predicted octanol–water partition coefficient (Wildman–Crippen LogP) is 2.97. The molecule has 0 radical (unpaired) electrons. The van der Waals surface area contributed by atoms with Gasteiger partial charge < -0.3 is 4.57 Å². The second kappa shape index (κ2) is 5.01. The molecule has 5 heteroatoms. The van der Waals surface area contributed by atoms with Crippen LogP contribution in [0.3, 0.4) is 0 Å². The van der Waals surface area contributed by atoms with Gasteiger partial charge in [0, 0.05) is 18.8 Å². The van der Waals surface area contributed by atoms with Crippen molar-refractivity contribution < 1.29 is 0 Å². The van der Waals surface area contributed by atoms with E-state index < -0.39 is 0 Å². The van der Waals surface area contributed by atoms with Crippen LogP contribution in [0.5, 0.6) is 0 Å². The first-order valence-corrected chi connectivity index (χ1v) is 8.03. The van der Waals surface area contributed by atoms with Crippen molar-refractivity contribution in [2.45, 2.75) is 43.6 Å². The van der Waals surface area contributed by atoms with Gasteiger partial charge in [-0.25, -0.2) is 4.98 Å². The first-order valence-electron chi connectivity index (χ1n) is 7.49. The summed E-state index contributed by atoms with van der Waals surface area (Å²) < 4.78 is 2.39. The SMILES string of the molecule is ClCc1nc2cnccc2n1C1CCN2CCCCC12. The minimum atomic E-state index is 0.470. The van der Waals surface area contributed by atoms with Crippen molar-refractivity contribution in [2.24, 2.45) is 0 Å². The van der Waals surface area contributed by atoms with Gasteiger partial charge in [-0.1, -0.05) is 6.42 Å². The summed E-state index contributed by atoms with van der Waals surface area (Å²) in [5, 5.41) is 0. The van der Waals surface area contributed by atoms with Gasteiger partial charge in [-0.05, 0) is 31.9 Å². The highest BCUT2D eigenvalue weighted by molar-refractivity contribution is 6.16. The Balaban J connectivity index is 1.81. The van der Waals surface area contributed by atoms with Gasteiger partial charge in [0.15, 0.2) is 0 Å². The number of piperidine rings is 1. The molecule has 0 aromatic carbocycles. The van der Waals surface area contributed by atoms with Gasteiger partial charge >= 0.3 is 0 Å². The summed E-state index contributed by atoms with van der Waals surface area (Å²) >= 11 is 6.14. The molecular weight excluding hydrogens is 272 g/mol. The molecule has 0 amide bonds. The van der Waals surface area contributed by atoms with E-state index in [0.717, 1.165) is 11.3 Å². The van der Waals surface area contributed by atoms with Crippen molar-refractivity contribution in [3.63, 3.8) is 0 Å². The molecule has 2 fully saturated rings. The van der Waals surface area contributed by atoms with Crippen LogP contribution >= 0.6 is 11.6 Å². The number of imidazole rings is 1. The molecule has 0 bridgehead atoms. The standard InChI is InChI=1S/C15H19ClN4/c16-9-15-18-11-10-17-6-4-12(11)20(15)14-5-8-19-7-2-1-3-13(14)19/h4,6,10,13-14H,1-3,5,7-9H2. The fraction of sp³-hybridized carbons (Fsp3) is 0.600. The molecule has 2 aromatic heterocycles. The van der Waals surface area contributed by atoms with E-state index in [2.05, 4.69) is 25.5 Å². The monoisotopic (exact) mass is 290 g/mol. The van der Waals surface area contributed by atoms with E-state index in [1.807, 2.05) is 12.4 Å². The summed E-state index contributed by atoms with van der Waals surface area (Å²) in [6.07, 6.45) is 8.91. The van der Waals surface area contributed by atoms with Crippen LogP contribution in [-0.2, 0) is 5.88 Å². The summed E-state index contributed by atoms with van der Waals surface area (Å²) in [7, 11) is 0. The van der Waals surface area contributed by atoms with Crippen molar-refractivity contribution in [3.05, 3.63) is 24.3 Å². The van der Waals surface area contributed by atoms with Crippen molar-refractivity contribution in [2.75, 3.05) is 13.1 Å². The van der Waals surface area contributed by atoms with Gasteiger partial charge in [0.2, 0.25) is 0 Å². The number of alkyl halides is 1. The maximum Gasteiger partial charge on any atom is 0.125 e. The maximum absolute atomic E-state index is 6.14. The molecule has 2 unspecified atom stereocenters. The molecule has 2 saturated heterocycles. The molecule has 2 aromatic rings. The van der Waals surface area contributed by atoms with Crippen LogP contribution in [0.25, 0.3) is 11.0 Å². The summed E-state index contributed by atoms with van der Waals surface area (Å²) in [5.41, 5.74) is 2.16. The van der Waals surface area contributed by atoms with Crippen LogP contribution in [0.1, 0.15) is 37.5 Å². The molecule has 0 spiro atoms. The molecule has 106 valence electrons. The van der Waals surface area contributed by atoms with Crippen LogP contribution in [0.4, 0.5) is 0 Å². The summed E-state index contributed by atoms with van der Waals surface area (Å²) in [4.78, 5) is 11.5. The average molecular weight is 291 g/mol. The van der Waals surface area contributed by atoms with Gasteiger partial charge in [-0.3, -0.25) is 9.88 Å². The first-order chi connectivity index (χ1) is 9.88. The van der Waals surface area contributed by atoms with E-state index in [-0.39, 0.29) is 0 Å². The Morgan fingerprint density at radius 2 is 2.15 bits per heavy atom. The number of rotatable bonds is 2. The second-order valence-electron chi connectivity index (χ2n) is 5.85. The van der Waals surface area contributed by atoms with Gasteiger partial charge in [0.05, 0.1) is 23.6 Å². The fourth-order valence-corrected chi connectivity index (χ4v) is 4.18. The number of hydrogen-bond donors (Lipinski definition) is 0. The largest absolute Gasteiger partial charge is 0.322 e. The Morgan fingerprint density at radius 1 is 1.20 bits per heavy atom. The molecule has 4 heterocycles. The second-order valence-corrected chi connectivity index (χ2v) is 6.12. The first kappa shape index (κ1) is 12.6. The van der Waals surface area contributed by atoms with Crippen molar-refractivity contribution in [1.82, 2.24) is 19.4 Å².